The summed E-state index contributed by atoms with van der Waals surface area (Å²) < 4.78 is 62.5. The highest BCUT2D eigenvalue weighted by Gasteiger charge is 2.53. The van der Waals surface area contributed by atoms with Gasteiger partial charge in [0.2, 0.25) is 0 Å². The van der Waals surface area contributed by atoms with Gasteiger partial charge in [0.1, 0.15) is 12.7 Å². The summed E-state index contributed by atoms with van der Waals surface area (Å²) in [6.07, 6.45) is -7.92. The molecule has 3 aliphatic rings. The zero-order chi connectivity index (χ0) is 44.5. The van der Waals surface area contributed by atoms with Crippen LogP contribution in [0.1, 0.15) is 86.0 Å². The summed E-state index contributed by atoms with van der Waals surface area (Å²) in [6, 6.07) is 26.0. The van der Waals surface area contributed by atoms with Crippen LogP contribution in [0.2, 0.25) is 0 Å². The zero-order valence-electron chi connectivity index (χ0n) is 36.7. The average Bonchev–Trinajstić information content (AvgIpc) is 3.29. The highest BCUT2D eigenvalue weighted by molar-refractivity contribution is 5.90. The molecule has 0 N–H and O–H groups in total. The number of carbonyl (C=O) groups excluding carboxylic acids is 4. The van der Waals surface area contributed by atoms with Gasteiger partial charge in [0.25, 0.3) is 0 Å². The number of esters is 4. The summed E-state index contributed by atoms with van der Waals surface area (Å²) >= 11 is 0. The third-order valence-electron chi connectivity index (χ3n) is 12.6. The molecule has 3 aromatic carbocycles. The predicted octanol–water partition coefficient (Wildman–Crippen LogP) is 7.04. The van der Waals surface area contributed by atoms with Crippen LogP contribution in [0.5, 0.6) is 0 Å². The molecule has 14 heteroatoms. The summed E-state index contributed by atoms with van der Waals surface area (Å²) in [7, 11) is 1.42. The largest absolute Gasteiger partial charge is 0.459 e. The highest BCUT2D eigenvalue weighted by Crippen LogP contribution is 2.40. The van der Waals surface area contributed by atoms with E-state index in [9.17, 15) is 19.2 Å². The Bertz CT molecular complexity index is 1910. The number of rotatable bonds is 15. The maximum Gasteiger partial charge on any atom is 0.338 e. The van der Waals surface area contributed by atoms with Gasteiger partial charge in [-0.3, -0.25) is 4.79 Å². The molecule has 0 saturated carbocycles. The molecule has 3 saturated heterocycles. The summed E-state index contributed by atoms with van der Waals surface area (Å²) in [5, 5.41) is 0. The molecule has 3 aliphatic heterocycles. The molecular weight excluding hydrogens is 801 g/mol. The highest BCUT2D eigenvalue weighted by atomic mass is 16.8. The van der Waals surface area contributed by atoms with Crippen molar-refractivity contribution in [2.24, 2.45) is 29.6 Å². The third-order valence-corrected chi connectivity index (χ3v) is 12.6. The Morgan fingerprint density at radius 2 is 0.952 bits per heavy atom. The maximum atomic E-state index is 13.6. The first-order valence-corrected chi connectivity index (χ1v) is 21.5. The first kappa shape index (κ1) is 46.8. The van der Waals surface area contributed by atoms with Crippen LogP contribution in [0.15, 0.2) is 91.0 Å². The molecule has 0 aromatic heterocycles. The normalized spacial score (nSPS) is 33.5. The van der Waals surface area contributed by atoms with Crippen molar-refractivity contribution in [1.82, 2.24) is 0 Å². The van der Waals surface area contributed by atoms with Crippen molar-refractivity contribution in [3.05, 3.63) is 108 Å². The van der Waals surface area contributed by atoms with Crippen LogP contribution in [0, 0.1) is 29.6 Å². The number of carbonyl (C=O) groups is 4. The van der Waals surface area contributed by atoms with Crippen LogP contribution in [0.3, 0.4) is 0 Å². The molecule has 3 fully saturated rings. The van der Waals surface area contributed by atoms with Gasteiger partial charge in [-0.25, -0.2) is 14.4 Å². The molecule has 15 atom stereocenters. The maximum absolute atomic E-state index is 13.6. The second kappa shape index (κ2) is 21.6. The second-order valence-electron chi connectivity index (χ2n) is 16.5. The predicted molar refractivity (Wildman–Crippen MR) is 223 cm³/mol. The van der Waals surface area contributed by atoms with Crippen LogP contribution in [0.4, 0.5) is 0 Å². The van der Waals surface area contributed by atoms with E-state index >= 15 is 0 Å². The molecule has 3 heterocycles. The lowest BCUT2D eigenvalue weighted by Crippen LogP contribution is -2.62. The van der Waals surface area contributed by atoms with Gasteiger partial charge in [-0.1, -0.05) is 96.1 Å². The topological polar surface area (TPSA) is 161 Å². The van der Waals surface area contributed by atoms with Crippen molar-refractivity contribution in [3.8, 4) is 0 Å². The molecule has 0 amide bonds. The van der Waals surface area contributed by atoms with E-state index in [2.05, 4.69) is 6.92 Å². The quantitative estimate of drug-likeness (QED) is 0.113. The Hall–Kier alpha value is -4.70. The minimum Gasteiger partial charge on any atom is -0.459 e. The summed E-state index contributed by atoms with van der Waals surface area (Å²) in [5.41, 5.74) is 1.13. The summed E-state index contributed by atoms with van der Waals surface area (Å²) in [5.74, 6) is -3.46. The van der Waals surface area contributed by atoms with Gasteiger partial charge in [0.05, 0.1) is 41.6 Å². The molecule has 15 unspecified atom stereocenters. The number of ether oxygens (including phenoxy) is 10. The van der Waals surface area contributed by atoms with Crippen molar-refractivity contribution in [2.75, 3.05) is 20.3 Å². The first-order chi connectivity index (χ1) is 29.8. The van der Waals surface area contributed by atoms with E-state index in [0.29, 0.717) is 23.1 Å². The Morgan fingerprint density at radius 1 is 0.500 bits per heavy atom. The van der Waals surface area contributed by atoms with Gasteiger partial charge in [0.15, 0.2) is 37.2 Å². The van der Waals surface area contributed by atoms with Crippen molar-refractivity contribution in [1.29, 1.82) is 0 Å². The molecule has 336 valence electrons. The fourth-order valence-corrected chi connectivity index (χ4v) is 8.37. The number of methoxy groups -OCH3 is 1. The van der Waals surface area contributed by atoms with Crippen molar-refractivity contribution < 1.29 is 66.5 Å². The van der Waals surface area contributed by atoms with Gasteiger partial charge in [-0.15, -0.1) is 0 Å². The Kier molecular flexibility index (Phi) is 16.3. The summed E-state index contributed by atoms with van der Waals surface area (Å²) in [6.45, 7) is 12.9. The van der Waals surface area contributed by atoms with E-state index in [1.807, 2.05) is 46.8 Å². The zero-order valence-corrected chi connectivity index (χ0v) is 36.7. The fourth-order valence-electron chi connectivity index (χ4n) is 8.37. The minimum atomic E-state index is -1.23. The smallest absolute Gasteiger partial charge is 0.338 e. The van der Waals surface area contributed by atoms with Crippen LogP contribution in [-0.4, -0.2) is 106 Å². The van der Waals surface area contributed by atoms with E-state index in [4.69, 9.17) is 47.4 Å². The van der Waals surface area contributed by atoms with Crippen molar-refractivity contribution >= 4 is 23.9 Å². The summed E-state index contributed by atoms with van der Waals surface area (Å²) in [4.78, 5) is 52.6. The third kappa shape index (κ3) is 11.1. The molecule has 0 bridgehead atoms. The standard InChI is InChI=1S/C48H60O14/c1-9-36-27(2)29(4)40(60-44(51)34-21-15-11-16-22-34)47(57-36)55-26-38-31(6)39(42(56-32(7)49)46(53-8)58-38)62-48-41(61-45(52)35-23-17-12-18-24-35)30(5)28(3)37(59-48)25-54-43(50)33-19-13-10-14-20-33/h10-24,27-31,36-42,46-48H,9,25-26H2,1-8H3. The van der Waals surface area contributed by atoms with Crippen LogP contribution in [-0.2, 0) is 52.2 Å². The molecule has 0 aliphatic carbocycles. The Balaban J connectivity index is 1.26. The van der Waals surface area contributed by atoms with Gasteiger partial charge in [0, 0.05) is 31.8 Å². The van der Waals surface area contributed by atoms with Crippen LogP contribution in [0.25, 0.3) is 0 Å². The molecule has 0 spiro atoms. The van der Waals surface area contributed by atoms with E-state index in [1.54, 1.807) is 78.9 Å². The Morgan fingerprint density at radius 3 is 1.45 bits per heavy atom. The van der Waals surface area contributed by atoms with Gasteiger partial charge in [-0.2, -0.15) is 0 Å². The van der Waals surface area contributed by atoms with Crippen molar-refractivity contribution in [2.45, 2.75) is 116 Å². The molecule has 6 rings (SSSR count). The number of benzene rings is 3. The molecule has 3 aromatic rings. The van der Waals surface area contributed by atoms with Crippen molar-refractivity contribution in [3.63, 3.8) is 0 Å². The lowest BCUT2D eigenvalue weighted by molar-refractivity contribution is -0.348. The van der Waals surface area contributed by atoms with Crippen LogP contribution < -0.4 is 0 Å². The van der Waals surface area contributed by atoms with Crippen LogP contribution >= 0.6 is 0 Å². The SMILES string of the molecule is CCC1OC(OCC2OC(OC)C(OC(C)=O)C(OC3OC(COC(=O)c4ccccc4)C(C)C(C)C3OC(=O)c3ccccc3)C2C)C(OC(=O)c2ccccc2)C(C)C1C. The van der Waals surface area contributed by atoms with Gasteiger partial charge in [-0.05, 0) is 54.7 Å². The van der Waals surface area contributed by atoms with E-state index < -0.39 is 85.3 Å². The van der Waals surface area contributed by atoms with Gasteiger partial charge < -0.3 is 47.4 Å². The lowest BCUT2D eigenvalue weighted by Gasteiger charge is -2.49. The molecule has 62 heavy (non-hydrogen) atoms. The lowest BCUT2D eigenvalue weighted by atomic mass is 9.82. The molecule has 0 radical (unpaired) electrons. The van der Waals surface area contributed by atoms with E-state index in [1.165, 1.54) is 14.0 Å². The monoisotopic (exact) mass is 860 g/mol. The fraction of sp³-hybridized carbons (Fsp3) is 0.542. The van der Waals surface area contributed by atoms with Gasteiger partial charge >= 0.3 is 23.9 Å². The second-order valence-corrected chi connectivity index (χ2v) is 16.5. The molecular formula is C48H60O14. The first-order valence-electron chi connectivity index (χ1n) is 21.5. The van der Waals surface area contributed by atoms with E-state index in [0.717, 1.165) is 0 Å². The van der Waals surface area contributed by atoms with E-state index in [-0.39, 0.29) is 43.0 Å². The number of hydrogen-bond donors (Lipinski definition) is 0. The molecule has 14 nitrogen and oxygen atoms in total. The Labute approximate surface area is 363 Å². The average molecular weight is 861 g/mol. The minimum absolute atomic E-state index is 0.0568. The number of hydrogen-bond acceptors (Lipinski definition) is 14.